The van der Waals surface area contributed by atoms with Gasteiger partial charge in [-0.25, -0.2) is 0 Å². The molecule has 1 aromatic carbocycles. The van der Waals surface area contributed by atoms with Crippen molar-refractivity contribution in [1.29, 1.82) is 0 Å². The fraction of sp³-hybridized carbons (Fsp3) is 0.462. The lowest BCUT2D eigenvalue weighted by Crippen LogP contribution is -2.38. The van der Waals surface area contributed by atoms with Crippen molar-refractivity contribution in [3.8, 4) is 0 Å². The normalized spacial score (nSPS) is 12.8. The van der Waals surface area contributed by atoms with E-state index in [-0.39, 0.29) is 11.9 Å². The van der Waals surface area contributed by atoms with Crippen LogP contribution in [0.25, 0.3) is 0 Å². The van der Waals surface area contributed by atoms with Crippen molar-refractivity contribution in [2.24, 2.45) is 5.73 Å². The topological polar surface area (TPSA) is 55.1 Å². The van der Waals surface area contributed by atoms with Gasteiger partial charge in [-0.05, 0) is 44.4 Å². The fourth-order valence-electron chi connectivity index (χ4n) is 1.92. The van der Waals surface area contributed by atoms with E-state index in [1.165, 1.54) is 0 Å². The van der Waals surface area contributed by atoms with Gasteiger partial charge in [0.15, 0.2) is 0 Å². The minimum absolute atomic E-state index is 0.219. The monoisotopic (exact) mass is 220 g/mol. The van der Waals surface area contributed by atoms with Crippen LogP contribution in [-0.4, -0.2) is 11.9 Å². The van der Waals surface area contributed by atoms with Gasteiger partial charge in [-0.3, -0.25) is 10.1 Å². The number of hydrogen-bond acceptors (Lipinski definition) is 2. The summed E-state index contributed by atoms with van der Waals surface area (Å²) >= 11 is 0. The first-order valence-corrected chi connectivity index (χ1v) is 5.55. The molecule has 1 amide bonds. The molecule has 0 aliphatic heterocycles. The van der Waals surface area contributed by atoms with E-state index in [4.69, 9.17) is 5.73 Å². The molecule has 0 heterocycles. The van der Waals surface area contributed by atoms with Crippen LogP contribution in [0.4, 0.5) is 0 Å². The van der Waals surface area contributed by atoms with Gasteiger partial charge in [-0.15, -0.1) is 0 Å². The molecule has 0 saturated carbocycles. The number of carbonyl (C=O) groups is 1. The molecule has 16 heavy (non-hydrogen) atoms. The Morgan fingerprint density at radius 1 is 1.25 bits per heavy atom. The third-order valence-corrected chi connectivity index (χ3v) is 2.62. The van der Waals surface area contributed by atoms with E-state index >= 15 is 0 Å². The second-order valence-electron chi connectivity index (χ2n) is 4.46. The van der Waals surface area contributed by atoms with E-state index < -0.39 is 6.04 Å². The highest BCUT2D eigenvalue weighted by Gasteiger charge is 2.21. The molecule has 1 unspecified atom stereocenters. The number of benzene rings is 1. The lowest BCUT2D eigenvalue weighted by Gasteiger charge is -2.22. The highest BCUT2D eigenvalue weighted by atomic mass is 16.1. The minimum atomic E-state index is -0.402. The molecule has 0 radical (unpaired) electrons. The summed E-state index contributed by atoms with van der Waals surface area (Å²) in [5.41, 5.74) is 8.65. The average Bonchev–Trinajstić information content (AvgIpc) is 2.15. The molecule has 3 heteroatoms. The first-order chi connectivity index (χ1) is 7.43. The van der Waals surface area contributed by atoms with Crippen LogP contribution >= 0.6 is 0 Å². The molecule has 0 aromatic heterocycles. The number of nitrogens with one attached hydrogen (secondary N) is 1. The highest BCUT2D eigenvalue weighted by Crippen LogP contribution is 2.22. The van der Waals surface area contributed by atoms with Crippen molar-refractivity contribution in [2.45, 2.75) is 39.8 Å². The van der Waals surface area contributed by atoms with E-state index in [9.17, 15) is 4.79 Å². The van der Waals surface area contributed by atoms with E-state index in [0.717, 1.165) is 16.7 Å². The molecule has 88 valence electrons. The van der Waals surface area contributed by atoms with Gasteiger partial charge in [0.05, 0.1) is 0 Å². The lowest BCUT2D eigenvalue weighted by atomic mass is 9.95. The van der Waals surface area contributed by atoms with Crippen LogP contribution in [0, 0.1) is 13.8 Å². The molecule has 3 N–H and O–H groups in total. The van der Waals surface area contributed by atoms with Crippen molar-refractivity contribution in [3.63, 3.8) is 0 Å². The molecule has 0 aliphatic carbocycles. The van der Waals surface area contributed by atoms with E-state index in [0.29, 0.717) is 0 Å². The molecule has 0 bridgehead atoms. The highest BCUT2D eigenvalue weighted by molar-refractivity contribution is 5.82. The molecule has 1 rings (SSSR count). The Kier molecular flexibility index (Phi) is 4.07. The minimum Gasteiger partial charge on any atom is -0.368 e. The van der Waals surface area contributed by atoms with Crippen LogP contribution in [0.2, 0.25) is 0 Å². The molecule has 0 fully saturated rings. The maximum atomic E-state index is 11.5. The zero-order valence-electron chi connectivity index (χ0n) is 10.4. The first-order valence-electron chi connectivity index (χ1n) is 5.55. The molecular formula is C13H20N2O. The second-order valence-corrected chi connectivity index (χ2v) is 4.46. The number of primary amides is 1. The van der Waals surface area contributed by atoms with Crippen molar-refractivity contribution < 1.29 is 4.79 Å². The van der Waals surface area contributed by atoms with Crippen molar-refractivity contribution in [3.05, 3.63) is 34.9 Å². The Bertz CT molecular complexity index is 365. The van der Waals surface area contributed by atoms with Gasteiger partial charge in [0, 0.05) is 6.04 Å². The maximum absolute atomic E-state index is 11.5. The van der Waals surface area contributed by atoms with Crippen LogP contribution < -0.4 is 11.1 Å². The summed E-state index contributed by atoms with van der Waals surface area (Å²) in [6, 6.07) is 5.81. The van der Waals surface area contributed by atoms with Crippen molar-refractivity contribution in [1.82, 2.24) is 5.32 Å². The largest absolute Gasteiger partial charge is 0.368 e. The van der Waals surface area contributed by atoms with E-state index in [2.05, 4.69) is 5.32 Å². The molecule has 3 nitrogen and oxygen atoms in total. The van der Waals surface area contributed by atoms with Gasteiger partial charge in [0.1, 0.15) is 6.04 Å². The Balaban J connectivity index is 3.15. The third-order valence-electron chi connectivity index (χ3n) is 2.62. The van der Waals surface area contributed by atoms with E-state index in [1.807, 2.05) is 45.9 Å². The number of carbonyl (C=O) groups excluding carboxylic acids is 1. The predicted octanol–water partition coefficient (Wildman–Crippen LogP) is 1.83. The molecular weight excluding hydrogens is 200 g/mol. The van der Waals surface area contributed by atoms with Crippen LogP contribution in [0.3, 0.4) is 0 Å². The molecule has 1 atom stereocenters. The number of rotatable bonds is 4. The zero-order valence-corrected chi connectivity index (χ0v) is 10.4. The Hall–Kier alpha value is -1.35. The molecule has 1 aromatic rings. The second kappa shape index (κ2) is 5.12. The summed E-state index contributed by atoms with van der Waals surface area (Å²) < 4.78 is 0. The van der Waals surface area contributed by atoms with Gasteiger partial charge in [-0.2, -0.15) is 0 Å². The van der Waals surface area contributed by atoms with Gasteiger partial charge >= 0.3 is 0 Å². The third kappa shape index (κ3) is 2.83. The van der Waals surface area contributed by atoms with Crippen LogP contribution in [0.5, 0.6) is 0 Å². The number of hydrogen-bond donors (Lipinski definition) is 2. The summed E-state index contributed by atoms with van der Waals surface area (Å²) in [6.07, 6.45) is 0. The fourth-order valence-corrected chi connectivity index (χ4v) is 1.92. The summed E-state index contributed by atoms with van der Waals surface area (Å²) in [5, 5.41) is 3.20. The summed E-state index contributed by atoms with van der Waals surface area (Å²) in [7, 11) is 0. The Morgan fingerprint density at radius 3 is 2.12 bits per heavy atom. The summed E-state index contributed by atoms with van der Waals surface area (Å²) in [4.78, 5) is 11.5. The van der Waals surface area contributed by atoms with Crippen molar-refractivity contribution >= 4 is 5.91 Å². The first kappa shape index (κ1) is 12.7. The predicted molar refractivity (Wildman–Crippen MR) is 66.1 cm³/mol. The average molecular weight is 220 g/mol. The smallest absolute Gasteiger partial charge is 0.239 e. The Morgan fingerprint density at radius 2 is 1.75 bits per heavy atom. The van der Waals surface area contributed by atoms with Gasteiger partial charge in [0.2, 0.25) is 5.91 Å². The zero-order chi connectivity index (χ0) is 12.3. The van der Waals surface area contributed by atoms with Crippen molar-refractivity contribution in [2.75, 3.05) is 0 Å². The molecule has 0 spiro atoms. The van der Waals surface area contributed by atoms with Gasteiger partial charge in [-0.1, -0.05) is 18.2 Å². The summed E-state index contributed by atoms with van der Waals surface area (Å²) in [5.74, 6) is -0.328. The SMILES string of the molecule is Cc1cccc(C)c1C(NC(C)C)C(N)=O. The maximum Gasteiger partial charge on any atom is 0.239 e. The van der Waals surface area contributed by atoms with Crippen LogP contribution in [0.1, 0.15) is 36.6 Å². The quantitative estimate of drug-likeness (QED) is 0.813. The van der Waals surface area contributed by atoms with Gasteiger partial charge < -0.3 is 5.73 Å². The number of amides is 1. The van der Waals surface area contributed by atoms with Gasteiger partial charge in [0.25, 0.3) is 0 Å². The van der Waals surface area contributed by atoms with Crippen LogP contribution in [0.15, 0.2) is 18.2 Å². The number of nitrogens with two attached hydrogens (primary N) is 1. The summed E-state index contributed by atoms with van der Waals surface area (Å²) in [6.45, 7) is 8.01. The van der Waals surface area contributed by atoms with Crippen LogP contribution in [-0.2, 0) is 4.79 Å². The molecule has 0 saturated heterocycles. The van der Waals surface area contributed by atoms with E-state index in [1.54, 1.807) is 0 Å². The Labute approximate surface area is 97.0 Å². The lowest BCUT2D eigenvalue weighted by molar-refractivity contribution is -0.120. The number of aryl methyl sites for hydroxylation is 2. The molecule has 0 aliphatic rings. The standard InChI is InChI=1S/C13H20N2O/c1-8(2)15-12(13(14)16)11-9(3)6-5-7-10(11)4/h5-8,12,15H,1-4H3,(H2,14,16).